The van der Waals surface area contributed by atoms with Gasteiger partial charge in [0.15, 0.2) is 0 Å². The molecular formula is C22H16F2N2O4S2. The number of hydrogen-bond donors (Lipinski definition) is 2. The van der Waals surface area contributed by atoms with E-state index in [9.17, 15) is 28.3 Å². The van der Waals surface area contributed by atoms with Gasteiger partial charge < -0.3 is 10.1 Å². The first-order valence-corrected chi connectivity index (χ1v) is 11.0. The van der Waals surface area contributed by atoms with Crippen LogP contribution in [0.15, 0.2) is 62.3 Å². The molecule has 0 fully saturated rings. The molecule has 6 nitrogen and oxygen atoms in total. The zero-order valence-corrected chi connectivity index (χ0v) is 18.4. The van der Waals surface area contributed by atoms with Crippen LogP contribution in [-0.4, -0.2) is 20.6 Å². The number of fused-ring (bicyclic) bond motifs is 1. The number of H-pyrrole nitrogens is 1. The van der Waals surface area contributed by atoms with Gasteiger partial charge in [-0.3, -0.25) is 4.79 Å². The molecule has 0 atom stereocenters. The maximum Gasteiger partial charge on any atom is 0.346 e. The second-order valence-electron chi connectivity index (χ2n) is 7.43. The Morgan fingerprint density at radius 3 is 2.53 bits per heavy atom. The Bertz CT molecular complexity index is 1490. The SMILES string of the molecule is CC(C)(Sc1ccc(F)c(-n2c(=O)[nH]c3csc(C(=O)O)c3c2=O)c1)c1ccccc1F. The van der Waals surface area contributed by atoms with Crippen LogP contribution in [0, 0.1) is 11.6 Å². The average molecular weight is 475 g/mol. The third-order valence-corrected chi connectivity index (χ3v) is 7.09. The lowest BCUT2D eigenvalue weighted by atomic mass is 10.0. The van der Waals surface area contributed by atoms with E-state index in [-0.39, 0.29) is 27.3 Å². The summed E-state index contributed by atoms with van der Waals surface area (Å²) in [6, 6.07) is 10.2. The van der Waals surface area contributed by atoms with Crippen LogP contribution in [-0.2, 0) is 4.75 Å². The highest BCUT2D eigenvalue weighted by Crippen LogP contribution is 2.42. The van der Waals surface area contributed by atoms with Gasteiger partial charge in [0, 0.05) is 20.6 Å². The number of thioether (sulfide) groups is 1. The maximum absolute atomic E-state index is 14.7. The number of carboxylic acids is 1. The molecule has 0 saturated heterocycles. The van der Waals surface area contributed by atoms with Gasteiger partial charge in [-0.2, -0.15) is 0 Å². The van der Waals surface area contributed by atoms with Crippen molar-refractivity contribution >= 4 is 40.0 Å². The van der Waals surface area contributed by atoms with E-state index in [1.165, 1.54) is 35.3 Å². The van der Waals surface area contributed by atoms with E-state index < -0.39 is 27.8 Å². The highest BCUT2D eigenvalue weighted by Gasteiger charge is 2.26. The predicted molar refractivity (Wildman–Crippen MR) is 120 cm³/mol. The molecule has 0 aliphatic carbocycles. The number of carboxylic acid groups (broad SMARTS) is 1. The zero-order chi connectivity index (χ0) is 23.2. The largest absolute Gasteiger partial charge is 0.477 e. The number of benzene rings is 2. The van der Waals surface area contributed by atoms with Crippen molar-refractivity contribution in [1.82, 2.24) is 9.55 Å². The number of rotatable bonds is 5. The first-order chi connectivity index (χ1) is 15.1. The van der Waals surface area contributed by atoms with Gasteiger partial charge in [-0.05, 0) is 38.1 Å². The van der Waals surface area contributed by atoms with Crippen LogP contribution in [0.2, 0.25) is 0 Å². The molecule has 0 aliphatic heterocycles. The minimum absolute atomic E-state index is 0.0743. The van der Waals surface area contributed by atoms with Crippen LogP contribution >= 0.6 is 23.1 Å². The van der Waals surface area contributed by atoms with Gasteiger partial charge in [0.05, 0.1) is 16.6 Å². The average Bonchev–Trinajstić information content (AvgIpc) is 3.14. The molecule has 0 radical (unpaired) electrons. The number of halogens is 2. The van der Waals surface area contributed by atoms with E-state index in [0.717, 1.165) is 17.4 Å². The molecule has 0 amide bonds. The van der Waals surface area contributed by atoms with Crippen LogP contribution in [0.1, 0.15) is 29.1 Å². The van der Waals surface area contributed by atoms with E-state index in [2.05, 4.69) is 4.98 Å². The van der Waals surface area contributed by atoms with Crippen LogP contribution in [0.4, 0.5) is 8.78 Å². The lowest BCUT2D eigenvalue weighted by Gasteiger charge is -2.25. The van der Waals surface area contributed by atoms with Crippen LogP contribution in [0.5, 0.6) is 0 Å². The quantitative estimate of drug-likeness (QED) is 0.408. The summed E-state index contributed by atoms with van der Waals surface area (Å²) in [4.78, 5) is 39.7. The van der Waals surface area contributed by atoms with Crippen molar-refractivity contribution in [3.63, 3.8) is 0 Å². The summed E-state index contributed by atoms with van der Waals surface area (Å²) in [5, 5.41) is 10.5. The van der Waals surface area contributed by atoms with Gasteiger partial charge >= 0.3 is 11.7 Å². The van der Waals surface area contributed by atoms with Gasteiger partial charge in [-0.15, -0.1) is 23.1 Å². The molecule has 4 rings (SSSR count). The molecule has 0 unspecified atom stereocenters. The third-order valence-electron chi connectivity index (χ3n) is 4.90. The van der Waals surface area contributed by atoms with Crippen LogP contribution in [0.25, 0.3) is 16.6 Å². The predicted octanol–water partition coefficient (Wildman–Crippen LogP) is 4.74. The van der Waals surface area contributed by atoms with Crippen molar-refractivity contribution in [2.45, 2.75) is 23.5 Å². The number of aromatic amines is 1. The summed E-state index contributed by atoms with van der Waals surface area (Å²) in [7, 11) is 0. The molecule has 0 spiro atoms. The monoisotopic (exact) mass is 474 g/mol. The Balaban J connectivity index is 1.86. The van der Waals surface area contributed by atoms with E-state index in [1.54, 1.807) is 32.0 Å². The van der Waals surface area contributed by atoms with Gasteiger partial charge in [-0.25, -0.2) is 22.9 Å². The minimum Gasteiger partial charge on any atom is -0.477 e. The summed E-state index contributed by atoms with van der Waals surface area (Å²) in [5.74, 6) is -2.54. The number of thiophene rings is 1. The Morgan fingerprint density at radius 2 is 1.84 bits per heavy atom. The first-order valence-electron chi connectivity index (χ1n) is 9.34. The van der Waals surface area contributed by atoms with Gasteiger partial charge in [0.25, 0.3) is 5.56 Å². The Morgan fingerprint density at radius 1 is 1.12 bits per heavy atom. The van der Waals surface area contributed by atoms with Gasteiger partial charge in [0.2, 0.25) is 0 Å². The van der Waals surface area contributed by atoms with Crippen molar-refractivity contribution in [1.29, 1.82) is 0 Å². The second kappa shape index (κ2) is 8.03. The first kappa shape index (κ1) is 22.0. The van der Waals surface area contributed by atoms with Gasteiger partial charge in [0.1, 0.15) is 16.5 Å². The molecule has 10 heteroatoms. The highest BCUT2D eigenvalue weighted by atomic mass is 32.2. The number of carbonyl (C=O) groups is 1. The van der Waals surface area contributed by atoms with Gasteiger partial charge in [-0.1, -0.05) is 18.2 Å². The van der Waals surface area contributed by atoms with E-state index in [4.69, 9.17) is 0 Å². The van der Waals surface area contributed by atoms with Crippen LogP contribution in [0.3, 0.4) is 0 Å². The lowest BCUT2D eigenvalue weighted by Crippen LogP contribution is -2.34. The molecule has 0 bridgehead atoms. The summed E-state index contributed by atoms with van der Waals surface area (Å²) in [6.45, 7) is 3.60. The summed E-state index contributed by atoms with van der Waals surface area (Å²) in [6.07, 6.45) is 0. The summed E-state index contributed by atoms with van der Waals surface area (Å²) < 4.78 is 28.9. The zero-order valence-electron chi connectivity index (χ0n) is 16.8. The molecule has 4 aromatic rings. The molecule has 2 N–H and O–H groups in total. The summed E-state index contributed by atoms with van der Waals surface area (Å²) in [5.41, 5.74) is -1.64. The van der Waals surface area contributed by atoms with Crippen molar-refractivity contribution in [3.8, 4) is 5.69 Å². The van der Waals surface area contributed by atoms with Crippen molar-refractivity contribution in [2.24, 2.45) is 0 Å². The molecule has 32 heavy (non-hydrogen) atoms. The standard InChI is InChI=1S/C22H16F2N2O4S2/c1-22(2,12-5-3-4-6-13(12)23)32-11-7-8-14(24)16(9-11)26-19(27)17-15(25-21(26)30)10-31-18(17)20(28)29/h3-10H,1-2H3,(H,25,30)(H,28,29). The Hall–Kier alpha value is -3.24. The van der Waals surface area contributed by atoms with Crippen molar-refractivity contribution in [3.05, 3.63) is 90.8 Å². The van der Waals surface area contributed by atoms with Crippen molar-refractivity contribution < 1.29 is 18.7 Å². The fourth-order valence-corrected chi connectivity index (χ4v) is 5.44. The molecule has 0 aliphatic rings. The third kappa shape index (κ3) is 3.76. The molecule has 0 saturated carbocycles. The topological polar surface area (TPSA) is 92.2 Å². The molecule has 164 valence electrons. The number of nitrogens with zero attached hydrogens (tertiary/aromatic N) is 1. The molecule has 2 aromatic heterocycles. The molecular weight excluding hydrogens is 458 g/mol. The number of hydrogen-bond acceptors (Lipinski definition) is 5. The van der Waals surface area contributed by atoms with E-state index in [0.29, 0.717) is 15.0 Å². The normalized spacial score (nSPS) is 11.8. The minimum atomic E-state index is -1.32. The number of aromatic nitrogens is 2. The van der Waals surface area contributed by atoms with E-state index >= 15 is 0 Å². The summed E-state index contributed by atoms with van der Waals surface area (Å²) >= 11 is 2.02. The fraction of sp³-hybridized carbons (Fsp3) is 0.136. The van der Waals surface area contributed by atoms with E-state index in [1.807, 2.05) is 0 Å². The number of aromatic carboxylic acids is 1. The lowest BCUT2D eigenvalue weighted by molar-refractivity contribution is 0.0704. The van der Waals surface area contributed by atoms with Crippen molar-refractivity contribution in [2.75, 3.05) is 0 Å². The number of nitrogens with one attached hydrogen (secondary N) is 1. The maximum atomic E-state index is 14.7. The highest BCUT2D eigenvalue weighted by molar-refractivity contribution is 8.00. The second-order valence-corrected chi connectivity index (χ2v) is 10.0. The molecule has 2 aromatic carbocycles. The molecule has 2 heterocycles. The fourth-order valence-electron chi connectivity index (χ4n) is 3.44. The van der Waals surface area contributed by atoms with Crippen LogP contribution < -0.4 is 11.2 Å². The smallest absolute Gasteiger partial charge is 0.346 e. The Labute approximate surface area is 188 Å². The Kier molecular flexibility index (Phi) is 5.51.